The number of hydrogen-bond acceptors (Lipinski definition) is 3. The van der Waals surface area contributed by atoms with Gasteiger partial charge in [0.25, 0.3) is 0 Å². The molecule has 1 atom stereocenters. The molecule has 17 heavy (non-hydrogen) atoms. The number of aliphatic carboxylic acids is 2. The molecule has 0 aromatic carbocycles. The SMILES string of the molecule is CC(C)(C)N([C@H](CC(=O)O)C(=O)O)C(C)(C)C. The Hall–Kier alpha value is -1.10. The van der Waals surface area contributed by atoms with Gasteiger partial charge in [0.2, 0.25) is 0 Å². The average molecular weight is 245 g/mol. The van der Waals surface area contributed by atoms with Crippen LogP contribution in [0.4, 0.5) is 0 Å². The van der Waals surface area contributed by atoms with Crippen molar-refractivity contribution in [2.75, 3.05) is 0 Å². The van der Waals surface area contributed by atoms with Crippen molar-refractivity contribution in [1.82, 2.24) is 4.90 Å². The first kappa shape index (κ1) is 15.9. The quantitative estimate of drug-likeness (QED) is 0.789. The molecule has 0 aromatic heterocycles. The number of nitrogens with zero attached hydrogens (tertiary/aromatic N) is 1. The van der Waals surface area contributed by atoms with E-state index in [9.17, 15) is 14.7 Å². The fraction of sp³-hybridized carbons (Fsp3) is 0.833. The Labute approximate surface area is 102 Å². The van der Waals surface area contributed by atoms with Crippen molar-refractivity contribution in [3.63, 3.8) is 0 Å². The second-order valence-electron chi connectivity index (χ2n) is 6.16. The Bertz CT molecular complexity index is 285. The minimum atomic E-state index is -1.10. The van der Waals surface area contributed by atoms with Crippen LogP contribution in [0.5, 0.6) is 0 Å². The predicted octanol–water partition coefficient (Wildman–Crippen LogP) is 1.81. The summed E-state index contributed by atoms with van der Waals surface area (Å²) >= 11 is 0. The van der Waals surface area contributed by atoms with Gasteiger partial charge in [-0.3, -0.25) is 14.5 Å². The summed E-state index contributed by atoms with van der Waals surface area (Å²) in [6, 6.07) is -1.02. The summed E-state index contributed by atoms with van der Waals surface area (Å²) in [5, 5.41) is 18.0. The molecule has 2 N–H and O–H groups in total. The maximum atomic E-state index is 11.3. The van der Waals surface area contributed by atoms with Crippen molar-refractivity contribution in [2.24, 2.45) is 0 Å². The van der Waals surface area contributed by atoms with Gasteiger partial charge in [0.05, 0.1) is 6.42 Å². The molecule has 0 aliphatic carbocycles. The molecular weight excluding hydrogens is 222 g/mol. The largest absolute Gasteiger partial charge is 0.481 e. The lowest BCUT2D eigenvalue weighted by Gasteiger charge is -2.48. The Balaban J connectivity index is 5.39. The van der Waals surface area contributed by atoms with Crippen LogP contribution in [0.25, 0.3) is 0 Å². The first-order chi connectivity index (χ1) is 7.37. The minimum Gasteiger partial charge on any atom is -0.481 e. The van der Waals surface area contributed by atoms with Crippen LogP contribution < -0.4 is 0 Å². The van der Waals surface area contributed by atoms with E-state index in [2.05, 4.69) is 0 Å². The zero-order chi connectivity index (χ0) is 14.0. The molecule has 0 aliphatic rings. The lowest BCUT2D eigenvalue weighted by molar-refractivity contribution is -0.156. The van der Waals surface area contributed by atoms with Gasteiger partial charge in [0.1, 0.15) is 6.04 Å². The highest BCUT2D eigenvalue weighted by atomic mass is 16.4. The van der Waals surface area contributed by atoms with Crippen molar-refractivity contribution >= 4 is 11.9 Å². The third-order valence-corrected chi connectivity index (χ3v) is 2.41. The molecule has 0 amide bonds. The second-order valence-corrected chi connectivity index (χ2v) is 6.16. The molecule has 0 fully saturated rings. The normalized spacial score (nSPS) is 14.8. The monoisotopic (exact) mass is 245 g/mol. The van der Waals surface area contributed by atoms with E-state index in [1.807, 2.05) is 41.5 Å². The van der Waals surface area contributed by atoms with Gasteiger partial charge in [-0.25, -0.2) is 0 Å². The van der Waals surface area contributed by atoms with Crippen LogP contribution >= 0.6 is 0 Å². The van der Waals surface area contributed by atoms with Gasteiger partial charge in [-0.05, 0) is 41.5 Å². The summed E-state index contributed by atoms with van der Waals surface area (Å²) in [5.74, 6) is -2.20. The summed E-state index contributed by atoms with van der Waals surface area (Å²) in [6.45, 7) is 11.3. The molecule has 0 radical (unpaired) electrons. The molecule has 0 heterocycles. The van der Waals surface area contributed by atoms with Gasteiger partial charge in [-0.15, -0.1) is 0 Å². The lowest BCUT2D eigenvalue weighted by atomic mass is 9.92. The Morgan fingerprint density at radius 3 is 1.53 bits per heavy atom. The Morgan fingerprint density at radius 2 is 1.35 bits per heavy atom. The molecule has 100 valence electrons. The molecule has 0 unspecified atom stereocenters. The topological polar surface area (TPSA) is 77.8 Å². The first-order valence-electron chi connectivity index (χ1n) is 5.61. The van der Waals surface area contributed by atoms with Crippen LogP contribution in [0, 0.1) is 0 Å². The maximum absolute atomic E-state index is 11.3. The van der Waals surface area contributed by atoms with E-state index in [0.717, 1.165) is 0 Å². The van der Waals surface area contributed by atoms with E-state index in [4.69, 9.17) is 5.11 Å². The van der Waals surface area contributed by atoms with Crippen molar-refractivity contribution in [2.45, 2.75) is 65.1 Å². The third kappa shape index (κ3) is 4.73. The van der Waals surface area contributed by atoms with Gasteiger partial charge < -0.3 is 10.2 Å². The van der Waals surface area contributed by atoms with Crippen molar-refractivity contribution in [3.05, 3.63) is 0 Å². The van der Waals surface area contributed by atoms with Crippen molar-refractivity contribution in [1.29, 1.82) is 0 Å². The minimum absolute atomic E-state index is 0.399. The van der Waals surface area contributed by atoms with Crippen LogP contribution in [-0.2, 0) is 9.59 Å². The molecule has 0 saturated carbocycles. The predicted molar refractivity (Wildman–Crippen MR) is 65.0 cm³/mol. The summed E-state index contributed by atoms with van der Waals surface area (Å²) in [5.41, 5.74) is -0.840. The molecule has 0 rings (SSSR count). The molecule has 0 aromatic rings. The number of carboxylic acids is 2. The van der Waals surface area contributed by atoms with Crippen LogP contribution in [0.3, 0.4) is 0 Å². The van der Waals surface area contributed by atoms with E-state index in [-0.39, 0.29) is 0 Å². The smallest absolute Gasteiger partial charge is 0.321 e. The lowest BCUT2D eigenvalue weighted by Crippen LogP contribution is -2.60. The Morgan fingerprint density at radius 1 is 1.00 bits per heavy atom. The first-order valence-corrected chi connectivity index (χ1v) is 5.61. The highest BCUT2D eigenvalue weighted by molar-refractivity contribution is 5.80. The molecule has 5 nitrogen and oxygen atoms in total. The summed E-state index contributed by atoms with van der Waals surface area (Å²) in [7, 11) is 0. The van der Waals surface area contributed by atoms with E-state index in [0.29, 0.717) is 0 Å². The van der Waals surface area contributed by atoms with Crippen molar-refractivity contribution in [3.8, 4) is 0 Å². The van der Waals surface area contributed by atoms with E-state index < -0.39 is 35.5 Å². The number of rotatable bonds is 4. The van der Waals surface area contributed by atoms with Crippen LogP contribution in [0.15, 0.2) is 0 Å². The van der Waals surface area contributed by atoms with Gasteiger partial charge in [0, 0.05) is 11.1 Å². The van der Waals surface area contributed by atoms with Crippen LogP contribution in [-0.4, -0.2) is 44.2 Å². The third-order valence-electron chi connectivity index (χ3n) is 2.41. The standard InChI is InChI=1S/C12H23NO4/c1-11(2,3)13(12(4,5)6)8(10(16)17)7-9(14)15/h8H,7H2,1-6H3,(H,14,15)(H,16,17)/t8-/m1/s1. The number of hydrogen-bond donors (Lipinski definition) is 2. The fourth-order valence-electron chi connectivity index (χ4n) is 2.40. The maximum Gasteiger partial charge on any atom is 0.321 e. The van der Waals surface area contributed by atoms with E-state index in [1.54, 1.807) is 4.90 Å². The van der Waals surface area contributed by atoms with Crippen molar-refractivity contribution < 1.29 is 19.8 Å². The summed E-state index contributed by atoms with van der Waals surface area (Å²) < 4.78 is 0. The molecule has 0 bridgehead atoms. The average Bonchev–Trinajstić information content (AvgIpc) is 1.95. The Kier molecular flexibility index (Phi) is 4.71. The van der Waals surface area contributed by atoms with E-state index in [1.165, 1.54) is 0 Å². The second kappa shape index (κ2) is 5.04. The zero-order valence-corrected chi connectivity index (χ0v) is 11.4. The summed E-state index contributed by atoms with van der Waals surface area (Å²) in [6.07, 6.45) is -0.399. The number of carboxylic acid groups (broad SMARTS) is 2. The van der Waals surface area contributed by atoms with Crippen LogP contribution in [0.1, 0.15) is 48.0 Å². The van der Waals surface area contributed by atoms with Gasteiger partial charge >= 0.3 is 11.9 Å². The van der Waals surface area contributed by atoms with Gasteiger partial charge in [-0.1, -0.05) is 0 Å². The highest BCUT2D eigenvalue weighted by Crippen LogP contribution is 2.29. The van der Waals surface area contributed by atoms with E-state index >= 15 is 0 Å². The zero-order valence-electron chi connectivity index (χ0n) is 11.4. The van der Waals surface area contributed by atoms with Gasteiger partial charge in [-0.2, -0.15) is 0 Å². The molecular formula is C12H23NO4. The number of carbonyl (C=O) groups is 2. The highest BCUT2D eigenvalue weighted by Gasteiger charge is 2.41. The van der Waals surface area contributed by atoms with Gasteiger partial charge in [0.15, 0.2) is 0 Å². The van der Waals surface area contributed by atoms with Crippen LogP contribution in [0.2, 0.25) is 0 Å². The molecule has 0 saturated heterocycles. The molecule has 0 aliphatic heterocycles. The summed E-state index contributed by atoms with van der Waals surface area (Å²) in [4.78, 5) is 23.8. The fourth-order valence-corrected chi connectivity index (χ4v) is 2.40. The molecule has 0 spiro atoms. The molecule has 5 heteroatoms.